The summed E-state index contributed by atoms with van der Waals surface area (Å²) in [5.41, 5.74) is 6.29. The number of amides is 1. The Morgan fingerprint density at radius 3 is 2.81 bits per heavy atom. The number of aromatic nitrogens is 3. The highest BCUT2D eigenvalue weighted by Crippen LogP contribution is 2.30. The molecule has 0 radical (unpaired) electrons. The average Bonchev–Trinajstić information content (AvgIpc) is 3.30. The Morgan fingerprint density at radius 2 is 1.96 bits per heavy atom. The van der Waals surface area contributed by atoms with Crippen molar-refractivity contribution >= 4 is 16.8 Å². The quantitative estimate of drug-likeness (QED) is 0.594. The van der Waals surface area contributed by atoms with E-state index >= 15 is 0 Å². The summed E-state index contributed by atoms with van der Waals surface area (Å²) < 4.78 is 1.94. The van der Waals surface area contributed by atoms with Crippen molar-refractivity contribution in [1.82, 2.24) is 19.7 Å². The van der Waals surface area contributed by atoms with E-state index in [9.17, 15) is 4.79 Å². The Labute approximate surface area is 157 Å². The molecule has 4 aromatic rings. The summed E-state index contributed by atoms with van der Waals surface area (Å²) in [5, 5.41) is 5.83. The molecular weight excluding hydrogens is 336 g/mol. The van der Waals surface area contributed by atoms with Crippen LogP contribution in [0.15, 0.2) is 60.8 Å². The van der Waals surface area contributed by atoms with Crippen LogP contribution in [0.2, 0.25) is 0 Å². The molecule has 2 aromatic carbocycles. The normalized spacial score (nSPS) is 13.7. The van der Waals surface area contributed by atoms with Crippen LogP contribution in [0.25, 0.3) is 22.2 Å². The second kappa shape index (κ2) is 6.13. The van der Waals surface area contributed by atoms with E-state index in [1.165, 1.54) is 11.1 Å². The van der Waals surface area contributed by atoms with Crippen LogP contribution >= 0.6 is 0 Å². The Bertz CT molecular complexity index is 1140. The van der Waals surface area contributed by atoms with E-state index in [4.69, 9.17) is 5.10 Å². The number of nitrogens with one attached hydrogen (secondary N) is 1. The van der Waals surface area contributed by atoms with Crippen LogP contribution < -0.4 is 0 Å². The number of nitrogens with zero attached hydrogens (tertiary/aromatic N) is 3. The molecule has 0 bridgehead atoms. The summed E-state index contributed by atoms with van der Waals surface area (Å²) in [4.78, 5) is 18.1. The Kier molecular flexibility index (Phi) is 3.60. The van der Waals surface area contributed by atoms with Gasteiger partial charge in [-0.15, -0.1) is 0 Å². The fourth-order valence-corrected chi connectivity index (χ4v) is 4.01. The lowest BCUT2D eigenvalue weighted by Crippen LogP contribution is -2.36. The smallest absolute Gasteiger partial charge is 0.254 e. The van der Waals surface area contributed by atoms with Gasteiger partial charge >= 0.3 is 0 Å². The van der Waals surface area contributed by atoms with E-state index in [0.717, 1.165) is 28.7 Å². The van der Waals surface area contributed by atoms with E-state index < -0.39 is 0 Å². The van der Waals surface area contributed by atoms with Gasteiger partial charge in [-0.2, -0.15) is 5.10 Å². The molecular formula is C22H20N4O. The summed E-state index contributed by atoms with van der Waals surface area (Å²) in [6.45, 7) is 1.26. The highest BCUT2D eigenvalue weighted by molar-refractivity contribution is 5.98. The van der Waals surface area contributed by atoms with E-state index in [0.29, 0.717) is 18.7 Å². The molecule has 0 fully saturated rings. The SMILES string of the molecule is Cn1nc2c(c1-c1ccccc1)CCN(C(=O)c1ccc3cc[nH]c3c1)C2. The summed E-state index contributed by atoms with van der Waals surface area (Å²) in [7, 11) is 1.98. The molecule has 0 unspecified atom stereocenters. The number of carbonyl (C=O) groups is 1. The zero-order valence-corrected chi connectivity index (χ0v) is 15.1. The van der Waals surface area contributed by atoms with Crippen LogP contribution in [-0.2, 0) is 20.0 Å². The number of benzene rings is 2. The lowest BCUT2D eigenvalue weighted by atomic mass is 9.99. The van der Waals surface area contributed by atoms with Gasteiger partial charge < -0.3 is 9.88 Å². The fraction of sp³-hybridized carbons (Fsp3) is 0.182. The van der Waals surface area contributed by atoms with Gasteiger partial charge in [0.15, 0.2) is 0 Å². The van der Waals surface area contributed by atoms with Gasteiger partial charge in [0.25, 0.3) is 5.91 Å². The molecule has 5 heteroatoms. The van der Waals surface area contributed by atoms with Gasteiger partial charge in [-0.1, -0.05) is 36.4 Å². The van der Waals surface area contributed by atoms with Crippen molar-refractivity contribution in [2.24, 2.45) is 7.05 Å². The van der Waals surface area contributed by atoms with Crippen LogP contribution in [0, 0.1) is 0 Å². The molecule has 0 saturated carbocycles. The Morgan fingerprint density at radius 1 is 1.11 bits per heavy atom. The molecule has 1 aliphatic rings. The van der Waals surface area contributed by atoms with Crippen molar-refractivity contribution in [2.45, 2.75) is 13.0 Å². The molecule has 0 saturated heterocycles. The van der Waals surface area contributed by atoms with Gasteiger partial charge in [0.05, 0.1) is 17.9 Å². The van der Waals surface area contributed by atoms with Crippen LogP contribution in [0.4, 0.5) is 0 Å². The highest BCUT2D eigenvalue weighted by Gasteiger charge is 2.27. The van der Waals surface area contributed by atoms with Crippen molar-refractivity contribution < 1.29 is 4.79 Å². The number of hydrogen-bond acceptors (Lipinski definition) is 2. The first-order valence-corrected chi connectivity index (χ1v) is 9.17. The molecule has 1 amide bonds. The largest absolute Gasteiger partial charge is 0.361 e. The zero-order chi connectivity index (χ0) is 18.4. The van der Waals surface area contributed by atoms with E-state index in [-0.39, 0.29) is 5.91 Å². The third kappa shape index (κ3) is 2.63. The molecule has 1 N–H and O–H groups in total. The minimum atomic E-state index is 0.0593. The first kappa shape index (κ1) is 15.9. The molecule has 27 heavy (non-hydrogen) atoms. The standard InChI is InChI=1S/C22H20N4O/c1-25-21(16-5-3-2-4-6-16)18-10-12-26(14-20(18)24-25)22(27)17-8-7-15-9-11-23-19(15)13-17/h2-9,11,13,23H,10,12,14H2,1H3. The van der Waals surface area contributed by atoms with Crippen LogP contribution in [0.3, 0.4) is 0 Å². The van der Waals surface area contributed by atoms with Gasteiger partial charge in [0.2, 0.25) is 0 Å². The molecule has 5 nitrogen and oxygen atoms in total. The number of rotatable bonds is 2. The fourth-order valence-electron chi connectivity index (χ4n) is 4.01. The summed E-state index contributed by atoms with van der Waals surface area (Å²) in [6, 6.07) is 18.2. The lowest BCUT2D eigenvalue weighted by Gasteiger charge is -2.26. The predicted octanol–water partition coefficient (Wildman–Crippen LogP) is 3.77. The maximum Gasteiger partial charge on any atom is 0.254 e. The topological polar surface area (TPSA) is 53.9 Å². The monoisotopic (exact) mass is 356 g/mol. The van der Waals surface area contributed by atoms with Crippen molar-refractivity contribution in [3.05, 3.63) is 77.6 Å². The molecule has 1 aliphatic heterocycles. The summed E-state index contributed by atoms with van der Waals surface area (Å²) in [5.74, 6) is 0.0593. The molecule has 5 rings (SSSR count). The van der Waals surface area contributed by atoms with Crippen molar-refractivity contribution in [2.75, 3.05) is 6.54 Å². The van der Waals surface area contributed by atoms with E-state index in [2.05, 4.69) is 17.1 Å². The molecule has 3 heterocycles. The maximum absolute atomic E-state index is 13.0. The molecule has 0 aliphatic carbocycles. The number of hydrogen-bond donors (Lipinski definition) is 1. The first-order valence-electron chi connectivity index (χ1n) is 9.17. The predicted molar refractivity (Wildman–Crippen MR) is 105 cm³/mol. The van der Waals surface area contributed by atoms with Crippen molar-refractivity contribution in [1.29, 1.82) is 0 Å². The van der Waals surface area contributed by atoms with Crippen molar-refractivity contribution in [3.8, 4) is 11.3 Å². The van der Waals surface area contributed by atoms with Crippen LogP contribution in [-0.4, -0.2) is 32.1 Å². The zero-order valence-electron chi connectivity index (χ0n) is 15.1. The summed E-state index contributed by atoms with van der Waals surface area (Å²) >= 11 is 0. The lowest BCUT2D eigenvalue weighted by molar-refractivity contribution is 0.0732. The number of H-pyrrole nitrogens is 1. The summed E-state index contributed by atoms with van der Waals surface area (Å²) in [6.07, 6.45) is 2.72. The van der Waals surface area contributed by atoms with Gasteiger partial charge in [-0.05, 0) is 30.0 Å². The molecule has 2 aromatic heterocycles. The minimum absolute atomic E-state index is 0.0593. The second-order valence-corrected chi connectivity index (χ2v) is 7.02. The molecule has 134 valence electrons. The minimum Gasteiger partial charge on any atom is -0.361 e. The van der Waals surface area contributed by atoms with Crippen LogP contribution in [0.1, 0.15) is 21.6 Å². The third-order valence-electron chi connectivity index (χ3n) is 5.34. The average molecular weight is 356 g/mol. The van der Waals surface area contributed by atoms with Crippen LogP contribution in [0.5, 0.6) is 0 Å². The van der Waals surface area contributed by atoms with Gasteiger partial charge in [0, 0.05) is 42.0 Å². The van der Waals surface area contributed by atoms with E-state index in [1.807, 2.05) is 65.3 Å². The number of carbonyl (C=O) groups excluding carboxylic acids is 1. The second-order valence-electron chi connectivity index (χ2n) is 7.02. The number of fused-ring (bicyclic) bond motifs is 2. The molecule has 0 atom stereocenters. The number of aryl methyl sites for hydroxylation is 1. The first-order chi connectivity index (χ1) is 13.2. The highest BCUT2D eigenvalue weighted by atomic mass is 16.2. The number of aromatic amines is 1. The maximum atomic E-state index is 13.0. The van der Waals surface area contributed by atoms with Gasteiger partial charge in [-0.3, -0.25) is 9.48 Å². The Hall–Kier alpha value is -3.34. The van der Waals surface area contributed by atoms with Gasteiger partial charge in [-0.25, -0.2) is 0 Å². The third-order valence-corrected chi connectivity index (χ3v) is 5.34. The Balaban J connectivity index is 1.45. The van der Waals surface area contributed by atoms with Gasteiger partial charge in [0.1, 0.15) is 0 Å². The van der Waals surface area contributed by atoms with Crippen molar-refractivity contribution in [3.63, 3.8) is 0 Å². The van der Waals surface area contributed by atoms with E-state index in [1.54, 1.807) is 0 Å². The molecule has 0 spiro atoms.